The molecule has 0 radical (unpaired) electrons. The molecule has 15 heavy (non-hydrogen) atoms. The first-order valence-electron chi connectivity index (χ1n) is 4.70. The van der Waals surface area contributed by atoms with E-state index in [0.717, 1.165) is 11.3 Å². The summed E-state index contributed by atoms with van der Waals surface area (Å²) in [6, 6.07) is 9.56. The molecule has 0 saturated carbocycles. The lowest BCUT2D eigenvalue weighted by molar-refractivity contribution is 0.484. The summed E-state index contributed by atoms with van der Waals surface area (Å²) in [7, 11) is 0. The summed E-state index contributed by atoms with van der Waals surface area (Å²) < 4.78 is 5.62. The van der Waals surface area contributed by atoms with Crippen molar-refractivity contribution in [2.75, 3.05) is 5.73 Å². The first-order valence-corrected chi connectivity index (χ1v) is 4.70. The van der Waals surface area contributed by atoms with E-state index in [4.69, 9.17) is 10.5 Å². The van der Waals surface area contributed by atoms with Crippen LogP contribution in [0.25, 0.3) is 0 Å². The highest BCUT2D eigenvalue weighted by atomic mass is 16.5. The van der Waals surface area contributed by atoms with E-state index in [9.17, 15) is 0 Å². The molecule has 2 N–H and O–H groups in total. The molecular formula is C12H12N2O. The van der Waals surface area contributed by atoms with Gasteiger partial charge in [0.05, 0.1) is 11.9 Å². The standard InChI is InChI=1S/C12H12N2O/c1-9-3-2-4-10(7-9)15-12-5-6-14-8-11(12)13/h2-8H,13H2,1H3. The van der Waals surface area contributed by atoms with Gasteiger partial charge < -0.3 is 10.5 Å². The van der Waals surface area contributed by atoms with E-state index >= 15 is 0 Å². The third-order valence-electron chi connectivity index (χ3n) is 2.03. The van der Waals surface area contributed by atoms with Gasteiger partial charge in [0.15, 0.2) is 5.75 Å². The minimum absolute atomic E-state index is 0.541. The van der Waals surface area contributed by atoms with E-state index in [1.807, 2.05) is 31.2 Å². The normalized spacial score (nSPS) is 9.93. The van der Waals surface area contributed by atoms with Crippen LogP contribution < -0.4 is 10.5 Å². The van der Waals surface area contributed by atoms with Gasteiger partial charge >= 0.3 is 0 Å². The number of aromatic nitrogens is 1. The Morgan fingerprint density at radius 2 is 2.13 bits per heavy atom. The van der Waals surface area contributed by atoms with Gasteiger partial charge in [-0.15, -0.1) is 0 Å². The number of anilines is 1. The molecular weight excluding hydrogens is 188 g/mol. The Hall–Kier alpha value is -2.03. The topological polar surface area (TPSA) is 48.1 Å². The number of nitrogen functional groups attached to an aromatic ring is 1. The lowest BCUT2D eigenvalue weighted by Crippen LogP contribution is -1.92. The quantitative estimate of drug-likeness (QED) is 0.810. The van der Waals surface area contributed by atoms with E-state index in [1.165, 1.54) is 0 Å². The average Bonchev–Trinajstić information content (AvgIpc) is 2.22. The molecule has 3 heteroatoms. The molecule has 0 fully saturated rings. The molecule has 0 saturated heterocycles. The minimum Gasteiger partial charge on any atom is -0.455 e. The van der Waals surface area contributed by atoms with Crippen LogP contribution in [-0.2, 0) is 0 Å². The molecule has 3 nitrogen and oxygen atoms in total. The number of hydrogen-bond donors (Lipinski definition) is 1. The molecule has 76 valence electrons. The Morgan fingerprint density at radius 1 is 1.27 bits per heavy atom. The van der Waals surface area contributed by atoms with Crippen LogP contribution in [0.15, 0.2) is 42.7 Å². The second kappa shape index (κ2) is 4.00. The zero-order valence-electron chi connectivity index (χ0n) is 8.47. The lowest BCUT2D eigenvalue weighted by Gasteiger charge is -2.07. The molecule has 0 atom stereocenters. The average molecular weight is 200 g/mol. The van der Waals surface area contributed by atoms with E-state index in [1.54, 1.807) is 18.5 Å². The van der Waals surface area contributed by atoms with Gasteiger partial charge in [-0.05, 0) is 24.6 Å². The molecule has 0 bridgehead atoms. The molecule has 2 aromatic rings. The number of ether oxygens (including phenoxy) is 1. The van der Waals surface area contributed by atoms with Crippen molar-refractivity contribution in [3.8, 4) is 11.5 Å². The van der Waals surface area contributed by atoms with Crippen LogP contribution in [-0.4, -0.2) is 4.98 Å². The molecule has 0 aliphatic rings. The van der Waals surface area contributed by atoms with Gasteiger partial charge in [0.25, 0.3) is 0 Å². The van der Waals surface area contributed by atoms with Gasteiger partial charge in [-0.3, -0.25) is 4.98 Å². The maximum Gasteiger partial charge on any atom is 0.153 e. The van der Waals surface area contributed by atoms with Crippen molar-refractivity contribution in [3.05, 3.63) is 48.3 Å². The van der Waals surface area contributed by atoms with Crippen molar-refractivity contribution >= 4 is 5.69 Å². The number of benzene rings is 1. The Labute approximate surface area is 88.5 Å². The second-order valence-corrected chi connectivity index (χ2v) is 3.33. The van der Waals surface area contributed by atoms with Crippen LogP contribution in [0.2, 0.25) is 0 Å². The molecule has 0 aliphatic carbocycles. The van der Waals surface area contributed by atoms with Crippen LogP contribution in [0.4, 0.5) is 5.69 Å². The van der Waals surface area contributed by atoms with Gasteiger partial charge in [-0.2, -0.15) is 0 Å². The third-order valence-corrected chi connectivity index (χ3v) is 2.03. The Bertz CT molecular complexity index is 469. The molecule has 1 aromatic carbocycles. The van der Waals surface area contributed by atoms with Crippen LogP contribution >= 0.6 is 0 Å². The summed E-state index contributed by atoms with van der Waals surface area (Å²) in [5.74, 6) is 1.42. The van der Waals surface area contributed by atoms with Crippen LogP contribution in [0.3, 0.4) is 0 Å². The number of rotatable bonds is 2. The summed E-state index contributed by atoms with van der Waals surface area (Å²) in [5.41, 5.74) is 7.41. The number of pyridine rings is 1. The summed E-state index contributed by atoms with van der Waals surface area (Å²) in [4.78, 5) is 3.90. The molecule has 0 spiro atoms. The summed E-state index contributed by atoms with van der Waals surface area (Å²) in [6.07, 6.45) is 3.23. The smallest absolute Gasteiger partial charge is 0.153 e. The SMILES string of the molecule is Cc1cccc(Oc2ccncc2N)c1. The number of nitrogens with two attached hydrogens (primary N) is 1. The Balaban J connectivity index is 2.26. The Morgan fingerprint density at radius 3 is 2.87 bits per heavy atom. The molecule has 2 rings (SSSR count). The lowest BCUT2D eigenvalue weighted by atomic mass is 10.2. The highest BCUT2D eigenvalue weighted by Crippen LogP contribution is 2.26. The number of aryl methyl sites for hydroxylation is 1. The monoisotopic (exact) mass is 200 g/mol. The van der Waals surface area contributed by atoms with E-state index in [-0.39, 0.29) is 0 Å². The zero-order chi connectivity index (χ0) is 10.7. The van der Waals surface area contributed by atoms with Crippen molar-refractivity contribution in [3.63, 3.8) is 0 Å². The van der Waals surface area contributed by atoms with Crippen LogP contribution in [0.1, 0.15) is 5.56 Å². The van der Waals surface area contributed by atoms with E-state index in [0.29, 0.717) is 11.4 Å². The first kappa shape index (κ1) is 9.52. The molecule has 0 amide bonds. The first-order chi connectivity index (χ1) is 7.25. The van der Waals surface area contributed by atoms with Gasteiger partial charge in [0, 0.05) is 12.3 Å². The maximum atomic E-state index is 5.72. The van der Waals surface area contributed by atoms with Crippen molar-refractivity contribution in [2.45, 2.75) is 6.92 Å². The van der Waals surface area contributed by atoms with Gasteiger partial charge in [-0.25, -0.2) is 0 Å². The predicted molar refractivity (Wildman–Crippen MR) is 59.9 cm³/mol. The fraction of sp³-hybridized carbons (Fsp3) is 0.0833. The van der Waals surface area contributed by atoms with Crippen molar-refractivity contribution < 1.29 is 4.74 Å². The van der Waals surface area contributed by atoms with Gasteiger partial charge in [0.1, 0.15) is 5.75 Å². The molecule has 0 unspecified atom stereocenters. The largest absolute Gasteiger partial charge is 0.455 e. The highest BCUT2D eigenvalue weighted by Gasteiger charge is 2.00. The maximum absolute atomic E-state index is 5.72. The third kappa shape index (κ3) is 2.26. The zero-order valence-corrected chi connectivity index (χ0v) is 8.47. The van der Waals surface area contributed by atoms with Crippen LogP contribution in [0.5, 0.6) is 11.5 Å². The molecule has 1 heterocycles. The van der Waals surface area contributed by atoms with E-state index < -0.39 is 0 Å². The van der Waals surface area contributed by atoms with Gasteiger partial charge in [0.2, 0.25) is 0 Å². The summed E-state index contributed by atoms with van der Waals surface area (Å²) in [6.45, 7) is 2.02. The second-order valence-electron chi connectivity index (χ2n) is 3.33. The van der Waals surface area contributed by atoms with Crippen molar-refractivity contribution in [1.82, 2.24) is 4.98 Å². The minimum atomic E-state index is 0.541. The fourth-order valence-electron chi connectivity index (χ4n) is 1.29. The molecule has 1 aromatic heterocycles. The Kier molecular flexibility index (Phi) is 2.54. The van der Waals surface area contributed by atoms with E-state index in [2.05, 4.69) is 4.98 Å². The van der Waals surface area contributed by atoms with Crippen LogP contribution in [0, 0.1) is 6.92 Å². The van der Waals surface area contributed by atoms with Crippen molar-refractivity contribution in [2.24, 2.45) is 0 Å². The van der Waals surface area contributed by atoms with Gasteiger partial charge in [-0.1, -0.05) is 12.1 Å². The van der Waals surface area contributed by atoms with Crippen molar-refractivity contribution in [1.29, 1.82) is 0 Å². The number of nitrogens with zero attached hydrogens (tertiary/aromatic N) is 1. The molecule has 0 aliphatic heterocycles. The summed E-state index contributed by atoms with van der Waals surface area (Å²) >= 11 is 0. The number of hydrogen-bond acceptors (Lipinski definition) is 3. The fourth-order valence-corrected chi connectivity index (χ4v) is 1.29. The summed E-state index contributed by atoms with van der Waals surface area (Å²) in [5, 5.41) is 0. The highest BCUT2D eigenvalue weighted by molar-refractivity contribution is 5.51. The predicted octanol–water partition coefficient (Wildman–Crippen LogP) is 2.76.